The molecule has 1 aliphatic heterocycles. The van der Waals surface area contributed by atoms with Crippen LogP contribution in [-0.4, -0.2) is 23.9 Å². The van der Waals surface area contributed by atoms with Crippen molar-refractivity contribution < 1.29 is 4.79 Å². The van der Waals surface area contributed by atoms with E-state index in [9.17, 15) is 4.79 Å². The van der Waals surface area contributed by atoms with Crippen molar-refractivity contribution >= 4 is 5.91 Å². The number of likely N-dealkylation sites (tertiary alicyclic amines) is 1. The molecule has 0 saturated carbocycles. The van der Waals surface area contributed by atoms with E-state index in [4.69, 9.17) is 0 Å². The molecule has 2 heteroatoms. The van der Waals surface area contributed by atoms with Gasteiger partial charge in [0.15, 0.2) is 0 Å². The van der Waals surface area contributed by atoms with Crippen LogP contribution in [0.15, 0.2) is 0 Å². The van der Waals surface area contributed by atoms with E-state index >= 15 is 0 Å². The van der Waals surface area contributed by atoms with Gasteiger partial charge in [-0.15, -0.1) is 5.92 Å². The molecular weight excluding hydrogens is 198 g/mol. The second-order valence-corrected chi connectivity index (χ2v) is 5.20. The van der Waals surface area contributed by atoms with Crippen LogP contribution in [0.5, 0.6) is 0 Å². The Morgan fingerprint density at radius 3 is 2.19 bits per heavy atom. The lowest BCUT2D eigenvalue weighted by atomic mass is 9.96. The predicted octanol–water partition coefficient (Wildman–Crippen LogP) is 2.54. The molecule has 16 heavy (non-hydrogen) atoms. The van der Waals surface area contributed by atoms with E-state index in [0.717, 1.165) is 25.9 Å². The SMILES string of the molecule is CC(C)C#CC1CCN(C(=O)C(C)C)CC1. The van der Waals surface area contributed by atoms with E-state index in [-0.39, 0.29) is 11.8 Å². The molecule has 1 saturated heterocycles. The molecule has 1 rings (SSSR count). The molecule has 0 spiro atoms. The Morgan fingerprint density at radius 1 is 1.19 bits per heavy atom. The maximum atomic E-state index is 11.8. The van der Waals surface area contributed by atoms with E-state index in [2.05, 4.69) is 25.7 Å². The van der Waals surface area contributed by atoms with Crippen molar-refractivity contribution in [1.82, 2.24) is 4.90 Å². The van der Waals surface area contributed by atoms with Gasteiger partial charge in [0.05, 0.1) is 0 Å². The Morgan fingerprint density at radius 2 is 1.75 bits per heavy atom. The zero-order chi connectivity index (χ0) is 12.1. The summed E-state index contributed by atoms with van der Waals surface area (Å²) in [5, 5.41) is 0. The third-order valence-corrected chi connectivity index (χ3v) is 2.88. The smallest absolute Gasteiger partial charge is 0.225 e. The first-order valence-corrected chi connectivity index (χ1v) is 6.30. The molecule has 2 nitrogen and oxygen atoms in total. The zero-order valence-electron chi connectivity index (χ0n) is 10.9. The molecule has 0 aromatic carbocycles. The normalized spacial score (nSPS) is 17.5. The Kier molecular flexibility index (Phi) is 4.86. The molecular formula is C14H23NO. The highest BCUT2D eigenvalue weighted by Gasteiger charge is 2.22. The predicted molar refractivity (Wildman–Crippen MR) is 66.8 cm³/mol. The fraction of sp³-hybridized carbons (Fsp3) is 0.786. The zero-order valence-corrected chi connectivity index (χ0v) is 10.9. The van der Waals surface area contributed by atoms with Gasteiger partial charge in [-0.25, -0.2) is 0 Å². The summed E-state index contributed by atoms with van der Waals surface area (Å²) in [6.45, 7) is 9.93. The summed E-state index contributed by atoms with van der Waals surface area (Å²) in [5.74, 6) is 7.91. The second-order valence-electron chi connectivity index (χ2n) is 5.20. The lowest BCUT2D eigenvalue weighted by Crippen LogP contribution is -2.40. The van der Waals surface area contributed by atoms with Crippen LogP contribution in [-0.2, 0) is 4.79 Å². The number of rotatable bonds is 1. The molecule has 0 unspecified atom stereocenters. The molecule has 0 aromatic rings. The minimum atomic E-state index is 0.123. The maximum absolute atomic E-state index is 11.8. The first kappa shape index (κ1) is 13.1. The summed E-state index contributed by atoms with van der Waals surface area (Å²) in [5.41, 5.74) is 0. The highest BCUT2D eigenvalue weighted by molar-refractivity contribution is 5.78. The molecule has 0 radical (unpaired) electrons. The van der Waals surface area contributed by atoms with Gasteiger partial charge < -0.3 is 4.90 Å². The second kappa shape index (κ2) is 5.94. The van der Waals surface area contributed by atoms with Gasteiger partial charge in [-0.1, -0.05) is 33.6 Å². The van der Waals surface area contributed by atoms with Gasteiger partial charge in [0.2, 0.25) is 5.91 Å². The van der Waals surface area contributed by atoms with E-state index in [1.165, 1.54) is 0 Å². The van der Waals surface area contributed by atoms with E-state index in [0.29, 0.717) is 11.8 Å². The summed E-state index contributed by atoms with van der Waals surface area (Å²) in [6.07, 6.45) is 2.08. The van der Waals surface area contributed by atoms with Crippen LogP contribution in [0, 0.1) is 29.6 Å². The number of nitrogens with zero attached hydrogens (tertiary/aromatic N) is 1. The molecule has 0 atom stereocenters. The van der Waals surface area contributed by atoms with Crippen LogP contribution in [0.4, 0.5) is 0 Å². The Bertz CT molecular complexity index is 288. The summed E-state index contributed by atoms with van der Waals surface area (Å²) >= 11 is 0. The average molecular weight is 221 g/mol. The van der Waals surface area contributed by atoms with Gasteiger partial charge in [0.1, 0.15) is 0 Å². The number of amides is 1. The third-order valence-electron chi connectivity index (χ3n) is 2.88. The van der Waals surface area contributed by atoms with Crippen LogP contribution in [0.2, 0.25) is 0 Å². The number of hydrogen-bond donors (Lipinski definition) is 0. The number of carbonyl (C=O) groups is 1. The minimum absolute atomic E-state index is 0.123. The fourth-order valence-electron chi connectivity index (χ4n) is 1.89. The van der Waals surface area contributed by atoms with Crippen molar-refractivity contribution in [2.75, 3.05) is 13.1 Å². The van der Waals surface area contributed by atoms with Gasteiger partial charge in [0, 0.05) is 30.8 Å². The number of hydrogen-bond acceptors (Lipinski definition) is 1. The lowest BCUT2D eigenvalue weighted by Gasteiger charge is -2.31. The molecule has 1 fully saturated rings. The van der Waals surface area contributed by atoms with E-state index in [1.807, 2.05) is 18.7 Å². The van der Waals surface area contributed by atoms with Gasteiger partial charge in [-0.2, -0.15) is 0 Å². The van der Waals surface area contributed by atoms with Crippen molar-refractivity contribution in [2.45, 2.75) is 40.5 Å². The molecule has 0 aromatic heterocycles. The van der Waals surface area contributed by atoms with Gasteiger partial charge in [-0.05, 0) is 12.8 Å². The molecule has 90 valence electrons. The maximum Gasteiger partial charge on any atom is 0.225 e. The Hall–Kier alpha value is -0.970. The van der Waals surface area contributed by atoms with E-state index in [1.54, 1.807) is 0 Å². The van der Waals surface area contributed by atoms with Gasteiger partial charge in [-0.3, -0.25) is 4.79 Å². The number of piperidine rings is 1. The minimum Gasteiger partial charge on any atom is -0.342 e. The highest BCUT2D eigenvalue weighted by Crippen LogP contribution is 2.18. The highest BCUT2D eigenvalue weighted by atomic mass is 16.2. The van der Waals surface area contributed by atoms with Crippen LogP contribution in [0.25, 0.3) is 0 Å². The van der Waals surface area contributed by atoms with Crippen LogP contribution >= 0.6 is 0 Å². The Labute approximate surface area is 99.4 Å². The largest absolute Gasteiger partial charge is 0.342 e. The lowest BCUT2D eigenvalue weighted by molar-refractivity contribution is -0.135. The molecule has 1 amide bonds. The van der Waals surface area contributed by atoms with Crippen molar-refractivity contribution in [1.29, 1.82) is 0 Å². The molecule has 1 aliphatic rings. The summed E-state index contributed by atoms with van der Waals surface area (Å²) < 4.78 is 0. The van der Waals surface area contributed by atoms with Crippen LogP contribution < -0.4 is 0 Å². The first-order chi connectivity index (χ1) is 7.50. The summed E-state index contributed by atoms with van der Waals surface area (Å²) in [7, 11) is 0. The van der Waals surface area contributed by atoms with Gasteiger partial charge >= 0.3 is 0 Å². The van der Waals surface area contributed by atoms with E-state index < -0.39 is 0 Å². The molecule has 0 bridgehead atoms. The van der Waals surface area contributed by atoms with Crippen molar-refractivity contribution in [3.05, 3.63) is 0 Å². The quantitative estimate of drug-likeness (QED) is 0.623. The van der Waals surface area contributed by atoms with Crippen LogP contribution in [0.1, 0.15) is 40.5 Å². The molecule has 0 N–H and O–H groups in total. The topological polar surface area (TPSA) is 20.3 Å². The molecule has 0 aliphatic carbocycles. The monoisotopic (exact) mass is 221 g/mol. The standard InChI is InChI=1S/C14H23NO/c1-11(2)5-6-13-7-9-15(10-8-13)14(16)12(3)4/h11-13H,7-10H2,1-4H3. The summed E-state index contributed by atoms with van der Waals surface area (Å²) in [6, 6.07) is 0. The van der Waals surface area contributed by atoms with Gasteiger partial charge in [0.25, 0.3) is 0 Å². The van der Waals surface area contributed by atoms with Crippen LogP contribution in [0.3, 0.4) is 0 Å². The average Bonchev–Trinajstić information content (AvgIpc) is 2.26. The fourth-order valence-corrected chi connectivity index (χ4v) is 1.89. The first-order valence-electron chi connectivity index (χ1n) is 6.30. The number of carbonyl (C=O) groups excluding carboxylic acids is 1. The van der Waals surface area contributed by atoms with Crippen molar-refractivity contribution in [3.63, 3.8) is 0 Å². The summed E-state index contributed by atoms with van der Waals surface area (Å²) in [4.78, 5) is 13.7. The van der Waals surface area contributed by atoms with Crippen molar-refractivity contribution in [3.8, 4) is 11.8 Å². The Balaban J connectivity index is 2.41. The third kappa shape index (κ3) is 3.89. The molecule has 1 heterocycles. The van der Waals surface area contributed by atoms with Crippen molar-refractivity contribution in [2.24, 2.45) is 17.8 Å².